The summed E-state index contributed by atoms with van der Waals surface area (Å²) < 4.78 is 11.8. The molecule has 2 atom stereocenters. The van der Waals surface area contributed by atoms with Gasteiger partial charge >= 0.3 is 0 Å². The summed E-state index contributed by atoms with van der Waals surface area (Å²) in [5.41, 5.74) is -0.236. The Bertz CT molecular complexity index is 321. The Morgan fingerprint density at radius 2 is 2.29 bits per heavy atom. The van der Waals surface area contributed by atoms with E-state index in [0.717, 1.165) is 19.3 Å². The van der Waals surface area contributed by atoms with Gasteiger partial charge in [0, 0.05) is 12.8 Å². The number of ether oxygens (including phenoxy) is 2. The maximum atomic E-state index is 11.6. The molecule has 1 spiro atoms. The summed E-state index contributed by atoms with van der Waals surface area (Å²) in [6, 6.07) is 0. The van der Waals surface area contributed by atoms with Crippen molar-refractivity contribution < 1.29 is 14.3 Å². The molecule has 1 saturated carbocycles. The fourth-order valence-corrected chi connectivity index (χ4v) is 2.97. The predicted molar refractivity (Wildman–Crippen MR) is 65.6 cm³/mol. The molecule has 17 heavy (non-hydrogen) atoms. The Kier molecular flexibility index (Phi) is 3.41. The van der Waals surface area contributed by atoms with Crippen LogP contribution in [0.2, 0.25) is 0 Å². The van der Waals surface area contributed by atoms with Crippen molar-refractivity contribution in [1.29, 1.82) is 0 Å². The van der Waals surface area contributed by atoms with Crippen molar-refractivity contribution in [3.8, 4) is 0 Å². The third kappa shape index (κ3) is 2.61. The van der Waals surface area contributed by atoms with Crippen LogP contribution >= 0.6 is 0 Å². The number of carbonyl (C=O) groups is 1. The van der Waals surface area contributed by atoms with Crippen molar-refractivity contribution in [2.24, 2.45) is 5.92 Å². The molecule has 0 amide bonds. The second kappa shape index (κ2) is 4.54. The van der Waals surface area contributed by atoms with Crippen LogP contribution in [0.5, 0.6) is 0 Å². The highest BCUT2D eigenvalue weighted by Gasteiger charge is 2.52. The molecule has 0 aromatic carbocycles. The van der Waals surface area contributed by atoms with E-state index < -0.39 is 5.79 Å². The van der Waals surface area contributed by atoms with Crippen LogP contribution in [0.25, 0.3) is 0 Å². The monoisotopic (exact) mass is 238 g/mol. The molecule has 3 heteroatoms. The van der Waals surface area contributed by atoms with Crippen molar-refractivity contribution in [3.63, 3.8) is 0 Å². The fraction of sp³-hybridized carbons (Fsp3) is 0.786. The summed E-state index contributed by atoms with van der Waals surface area (Å²) in [7, 11) is 0. The van der Waals surface area contributed by atoms with Gasteiger partial charge in [0.15, 0.2) is 5.79 Å². The second-order valence-electron chi connectivity index (χ2n) is 5.66. The molecular formula is C14H22O3. The van der Waals surface area contributed by atoms with Crippen molar-refractivity contribution in [2.45, 2.75) is 57.3 Å². The molecule has 0 N–H and O–H groups in total. The van der Waals surface area contributed by atoms with Gasteiger partial charge in [0.2, 0.25) is 0 Å². The lowest BCUT2D eigenvalue weighted by Gasteiger charge is -2.39. The number of allylic oxidation sites excluding steroid dienone is 1. The molecule has 0 aromatic rings. The molecular weight excluding hydrogens is 216 g/mol. The van der Waals surface area contributed by atoms with Crippen LogP contribution in [-0.2, 0) is 14.3 Å². The highest BCUT2D eigenvalue weighted by atomic mass is 16.8. The van der Waals surface area contributed by atoms with Crippen molar-refractivity contribution in [2.75, 3.05) is 6.61 Å². The normalized spacial score (nSPS) is 36.4. The molecule has 0 unspecified atom stereocenters. The number of ketones is 1. The van der Waals surface area contributed by atoms with Crippen LogP contribution in [0.3, 0.4) is 0 Å². The molecule has 96 valence electrons. The van der Waals surface area contributed by atoms with Gasteiger partial charge in [-0.2, -0.15) is 0 Å². The van der Waals surface area contributed by atoms with Crippen LogP contribution in [0.4, 0.5) is 0 Å². The molecule has 1 aliphatic carbocycles. The number of carbonyl (C=O) groups excluding carboxylic acids is 1. The molecule has 1 aliphatic heterocycles. The van der Waals surface area contributed by atoms with Gasteiger partial charge in [0.25, 0.3) is 0 Å². The first kappa shape index (κ1) is 12.8. The minimum Gasteiger partial charge on any atom is -0.347 e. The first-order chi connectivity index (χ1) is 7.97. The number of Topliss-reactive ketones (excluding diaryl/α,β-unsaturated/α-hetero) is 1. The van der Waals surface area contributed by atoms with Crippen LogP contribution in [-0.4, -0.2) is 23.8 Å². The van der Waals surface area contributed by atoms with Crippen LogP contribution < -0.4 is 0 Å². The SMILES string of the molecule is C=CCC[C@H]1CC(=O)CC[C@@]12COC(C)(C)O2. The highest BCUT2D eigenvalue weighted by Crippen LogP contribution is 2.45. The molecule has 3 nitrogen and oxygen atoms in total. The van der Waals surface area contributed by atoms with Gasteiger partial charge in [0.1, 0.15) is 5.78 Å². The standard InChI is InChI=1S/C14H22O3/c1-4-5-6-11-9-12(15)7-8-14(11)10-16-13(2,3)17-14/h4,11H,1,5-10H2,2-3H3/t11-,14+/m0/s1. The molecule has 2 aliphatic rings. The molecule has 0 radical (unpaired) electrons. The zero-order valence-corrected chi connectivity index (χ0v) is 10.8. The van der Waals surface area contributed by atoms with Crippen molar-refractivity contribution in [3.05, 3.63) is 12.7 Å². The van der Waals surface area contributed by atoms with E-state index in [1.165, 1.54) is 0 Å². The third-order valence-electron chi connectivity index (χ3n) is 3.88. The van der Waals surface area contributed by atoms with Gasteiger partial charge in [0.05, 0.1) is 12.2 Å². The number of rotatable bonds is 3. The minimum absolute atomic E-state index is 0.236. The highest BCUT2D eigenvalue weighted by molar-refractivity contribution is 5.79. The zero-order chi connectivity index (χ0) is 12.5. The summed E-state index contributed by atoms with van der Waals surface area (Å²) in [6.07, 6.45) is 5.88. The molecule has 0 bridgehead atoms. The van der Waals surface area contributed by atoms with E-state index >= 15 is 0 Å². The quantitative estimate of drug-likeness (QED) is 0.709. The zero-order valence-electron chi connectivity index (χ0n) is 10.8. The molecule has 1 heterocycles. The van der Waals surface area contributed by atoms with Gasteiger partial charge in [-0.1, -0.05) is 6.08 Å². The summed E-state index contributed by atoms with van der Waals surface area (Å²) in [5.74, 6) is 0.133. The lowest BCUT2D eigenvalue weighted by Crippen LogP contribution is -2.46. The van der Waals surface area contributed by atoms with E-state index in [2.05, 4.69) is 6.58 Å². The largest absolute Gasteiger partial charge is 0.347 e. The maximum absolute atomic E-state index is 11.6. The molecule has 0 aromatic heterocycles. The summed E-state index contributed by atoms with van der Waals surface area (Å²) in [6.45, 7) is 8.27. The van der Waals surface area contributed by atoms with Crippen molar-refractivity contribution in [1.82, 2.24) is 0 Å². The molecule has 2 fully saturated rings. The van der Waals surface area contributed by atoms with Crippen LogP contribution in [0, 0.1) is 5.92 Å². The van der Waals surface area contributed by atoms with E-state index in [0.29, 0.717) is 25.2 Å². The van der Waals surface area contributed by atoms with Crippen LogP contribution in [0.15, 0.2) is 12.7 Å². The van der Waals surface area contributed by atoms with Gasteiger partial charge in [-0.3, -0.25) is 4.79 Å². The van der Waals surface area contributed by atoms with Gasteiger partial charge in [-0.25, -0.2) is 0 Å². The van der Waals surface area contributed by atoms with E-state index in [1.54, 1.807) is 0 Å². The Hall–Kier alpha value is -0.670. The lowest BCUT2D eigenvalue weighted by molar-refractivity contribution is -0.182. The van der Waals surface area contributed by atoms with E-state index in [1.807, 2.05) is 19.9 Å². The van der Waals surface area contributed by atoms with Gasteiger partial charge in [-0.15, -0.1) is 6.58 Å². The third-order valence-corrected chi connectivity index (χ3v) is 3.88. The fourth-order valence-electron chi connectivity index (χ4n) is 2.97. The first-order valence-corrected chi connectivity index (χ1v) is 6.44. The van der Waals surface area contributed by atoms with Gasteiger partial charge < -0.3 is 9.47 Å². The topological polar surface area (TPSA) is 35.5 Å². The van der Waals surface area contributed by atoms with E-state index in [4.69, 9.17) is 9.47 Å². The van der Waals surface area contributed by atoms with Crippen molar-refractivity contribution >= 4 is 5.78 Å². The van der Waals surface area contributed by atoms with E-state index in [9.17, 15) is 4.79 Å². The molecule has 1 saturated heterocycles. The molecule has 2 rings (SSSR count). The first-order valence-electron chi connectivity index (χ1n) is 6.44. The predicted octanol–water partition coefficient (Wildman–Crippen LogP) is 2.84. The number of hydrogen-bond acceptors (Lipinski definition) is 3. The van der Waals surface area contributed by atoms with E-state index in [-0.39, 0.29) is 11.5 Å². The maximum Gasteiger partial charge on any atom is 0.163 e. The summed E-state index contributed by atoms with van der Waals surface area (Å²) in [4.78, 5) is 11.6. The Balaban J connectivity index is 2.12. The lowest BCUT2D eigenvalue weighted by atomic mass is 9.73. The Morgan fingerprint density at radius 3 is 2.88 bits per heavy atom. The van der Waals surface area contributed by atoms with Crippen LogP contribution in [0.1, 0.15) is 46.0 Å². The second-order valence-corrected chi connectivity index (χ2v) is 5.66. The minimum atomic E-state index is -0.507. The average Bonchev–Trinajstić information content (AvgIpc) is 2.57. The smallest absolute Gasteiger partial charge is 0.163 e. The Morgan fingerprint density at radius 1 is 1.53 bits per heavy atom. The summed E-state index contributed by atoms with van der Waals surface area (Å²) >= 11 is 0. The van der Waals surface area contributed by atoms with Gasteiger partial charge in [-0.05, 0) is 39.0 Å². The summed E-state index contributed by atoms with van der Waals surface area (Å²) in [5, 5.41) is 0. The number of hydrogen-bond donors (Lipinski definition) is 0. The Labute approximate surface area is 103 Å². The average molecular weight is 238 g/mol.